The molecule has 3 unspecified atom stereocenters. The summed E-state index contributed by atoms with van der Waals surface area (Å²) in [5.41, 5.74) is 10.6. The Balaban J connectivity index is 0.000000161. The Morgan fingerprint density at radius 1 is 0.521 bits per heavy atom. The van der Waals surface area contributed by atoms with Crippen LogP contribution in [0.25, 0.3) is 0 Å². The van der Waals surface area contributed by atoms with E-state index in [1.54, 1.807) is 50.6 Å². The molecule has 3 atom stereocenters. The van der Waals surface area contributed by atoms with Crippen LogP contribution >= 0.6 is 0 Å². The first-order chi connectivity index (χ1) is 35.5. The van der Waals surface area contributed by atoms with Gasteiger partial charge in [0.25, 0.3) is 6.47 Å². The summed E-state index contributed by atoms with van der Waals surface area (Å²) in [6.45, 7) is 2.46. The molecule has 3 aliphatic carbocycles. The number of benzene rings is 3. The third-order valence-corrected chi connectivity index (χ3v) is 14.8. The summed E-state index contributed by atoms with van der Waals surface area (Å²) in [4.78, 5) is 62.5. The van der Waals surface area contributed by atoms with Crippen LogP contribution < -0.4 is 18.9 Å². The van der Waals surface area contributed by atoms with Gasteiger partial charge in [0.2, 0.25) is 19.2 Å². The second-order valence-electron chi connectivity index (χ2n) is 18.7. The monoisotopic (exact) mass is 1000 g/mol. The number of Topliss-reactive ketones (excluding diaryl/α,β-unsaturated/α-hetero) is 1. The first-order valence-corrected chi connectivity index (χ1v) is 24.7. The van der Waals surface area contributed by atoms with Crippen molar-refractivity contribution < 1.29 is 62.6 Å². The van der Waals surface area contributed by atoms with Gasteiger partial charge >= 0.3 is 0 Å². The lowest BCUT2D eigenvalue weighted by Crippen LogP contribution is -2.43. The van der Waals surface area contributed by atoms with Crippen molar-refractivity contribution in [2.24, 2.45) is 0 Å². The number of phenols is 2. The molecule has 2 N–H and O–H groups in total. The zero-order chi connectivity index (χ0) is 52.0. The molecule has 0 fully saturated rings. The van der Waals surface area contributed by atoms with Gasteiger partial charge in [-0.2, -0.15) is 0 Å². The minimum absolute atomic E-state index is 0.00313. The summed E-state index contributed by atoms with van der Waals surface area (Å²) in [6.07, 6.45) is 16.7. The van der Waals surface area contributed by atoms with Gasteiger partial charge in [0.1, 0.15) is 5.78 Å². The normalized spacial score (nSPS) is 20.3. The summed E-state index contributed by atoms with van der Waals surface area (Å²) < 4.78 is 31.2. The molecule has 0 saturated carbocycles. The van der Waals surface area contributed by atoms with Gasteiger partial charge in [0.05, 0.1) is 65.2 Å². The molecule has 3 aliphatic heterocycles. The van der Waals surface area contributed by atoms with E-state index in [2.05, 4.69) is 12.2 Å². The third-order valence-electron chi connectivity index (χ3n) is 14.8. The maximum Gasteiger partial charge on any atom is 0.298 e. The van der Waals surface area contributed by atoms with Crippen molar-refractivity contribution in [3.63, 3.8) is 0 Å². The minimum Gasteiger partial charge on any atom is -0.504 e. The van der Waals surface area contributed by atoms with Crippen LogP contribution in [0.3, 0.4) is 0 Å². The van der Waals surface area contributed by atoms with E-state index in [4.69, 9.17) is 28.4 Å². The fourth-order valence-electron chi connectivity index (χ4n) is 11.0. The fourth-order valence-corrected chi connectivity index (χ4v) is 11.0. The Hall–Kier alpha value is -7.49. The lowest BCUT2D eigenvalue weighted by molar-refractivity contribution is -0.121. The minimum atomic E-state index is -0.0165. The number of carbonyl (C=O) groups is 5. The SMILES string of the molecule is COC1=CC2=C(CC1)C(Cc1ccc(OC)c(O)c1)N(C=O)CC2.COC1=CCC2=C(CCN(C=O)C2Cc2ccc(OC)c(OC=O)c2)C1.COc1ccc(CC2C3=C(CCN2C=O)CC(=O)CC3)cc1O. The number of allylic oxidation sites excluding steroid dienone is 4. The van der Waals surface area contributed by atoms with Gasteiger partial charge in [0, 0.05) is 45.3 Å². The van der Waals surface area contributed by atoms with Crippen molar-refractivity contribution in [3.05, 3.63) is 128 Å². The molecule has 0 radical (unpaired) electrons. The van der Waals surface area contributed by atoms with Gasteiger partial charge in [-0.15, -0.1) is 0 Å². The van der Waals surface area contributed by atoms with Gasteiger partial charge in [-0.05, 0) is 145 Å². The third kappa shape index (κ3) is 12.8. The van der Waals surface area contributed by atoms with Crippen molar-refractivity contribution in [2.75, 3.05) is 55.2 Å². The van der Waals surface area contributed by atoms with E-state index in [1.807, 2.05) is 32.9 Å². The van der Waals surface area contributed by atoms with Crippen LogP contribution in [-0.4, -0.2) is 130 Å². The Bertz CT molecular complexity index is 2680. The molecule has 6 aliphatic rings. The molecule has 3 aromatic rings. The second-order valence-corrected chi connectivity index (χ2v) is 18.7. The molecule has 3 aromatic carbocycles. The maximum atomic E-state index is 11.7. The molecule has 3 amide bonds. The average Bonchev–Trinajstić information content (AvgIpc) is 3.41. The Kier molecular flexibility index (Phi) is 18.4. The number of hydrogen-bond acceptors (Lipinski definition) is 13. The highest BCUT2D eigenvalue weighted by Crippen LogP contribution is 2.40. The van der Waals surface area contributed by atoms with Crippen LogP contribution in [0, 0.1) is 0 Å². The summed E-state index contributed by atoms with van der Waals surface area (Å²) in [7, 11) is 7.97. The van der Waals surface area contributed by atoms with Gasteiger partial charge < -0.3 is 53.3 Å². The van der Waals surface area contributed by atoms with E-state index in [-0.39, 0.29) is 29.6 Å². The number of aromatic hydroxyl groups is 2. The Labute approximate surface area is 427 Å². The average molecular weight is 1000 g/mol. The molecule has 3 heterocycles. The number of carbonyl (C=O) groups excluding carboxylic acids is 5. The molecular formula is C57H67N3O13. The predicted molar refractivity (Wildman–Crippen MR) is 272 cm³/mol. The smallest absolute Gasteiger partial charge is 0.298 e. The molecule has 16 nitrogen and oxygen atoms in total. The summed E-state index contributed by atoms with van der Waals surface area (Å²) >= 11 is 0. The Morgan fingerprint density at radius 2 is 1.01 bits per heavy atom. The first-order valence-electron chi connectivity index (χ1n) is 24.7. The second kappa shape index (κ2) is 25.3. The Morgan fingerprint density at radius 3 is 1.53 bits per heavy atom. The highest BCUT2D eigenvalue weighted by molar-refractivity contribution is 5.83. The standard InChI is InChI=1S/C20H23NO5.C19H23NO4.C18H21NO4/c1-24-16-4-5-17-15(11-16)7-8-21(12-22)18(17)9-14-3-6-19(25-2)20(10-14)26-13-23;1-23-15-4-5-16-14(11-15)7-8-20(12-21)17(16)9-13-3-6-19(24-2)18(22)10-13;1-23-18-5-2-12(9-17(18)22)8-16-15-4-3-14(21)10-13(15)6-7-19(16)11-20/h3-4,6,10,12-13,18H,5,7-9,11H2,1-2H3;3,6,10-12,17,22H,4-5,7-9H2,1-2H3;2,5,9,11,16,22H,3-4,6-8,10H2,1H3. The van der Waals surface area contributed by atoms with Crippen molar-refractivity contribution in [2.45, 2.75) is 102 Å². The van der Waals surface area contributed by atoms with Gasteiger partial charge in [0.15, 0.2) is 34.5 Å². The molecule has 388 valence electrons. The van der Waals surface area contributed by atoms with E-state index in [1.165, 1.54) is 54.8 Å². The number of methoxy groups -OCH3 is 5. The largest absolute Gasteiger partial charge is 0.504 e. The number of ketones is 1. The van der Waals surface area contributed by atoms with Gasteiger partial charge in [-0.3, -0.25) is 24.0 Å². The maximum absolute atomic E-state index is 11.7. The van der Waals surface area contributed by atoms with E-state index < -0.39 is 0 Å². The highest BCUT2D eigenvalue weighted by Gasteiger charge is 2.34. The number of phenolic OH excluding ortho intramolecular Hbond substituents is 2. The van der Waals surface area contributed by atoms with E-state index in [0.717, 1.165) is 98.8 Å². The number of amides is 3. The van der Waals surface area contributed by atoms with Crippen LogP contribution in [0.15, 0.2) is 112 Å². The van der Waals surface area contributed by atoms with Crippen LogP contribution in [-0.2, 0) is 52.7 Å². The molecule has 0 saturated heterocycles. The molecule has 0 aromatic heterocycles. The number of rotatable bonds is 16. The molecule has 0 spiro atoms. The predicted octanol–water partition coefficient (Wildman–Crippen LogP) is 7.64. The topological polar surface area (TPSA) is 191 Å². The first kappa shape index (κ1) is 53.3. The zero-order valence-corrected chi connectivity index (χ0v) is 42.4. The summed E-state index contributed by atoms with van der Waals surface area (Å²) in [5, 5.41) is 19.9. The van der Waals surface area contributed by atoms with Crippen molar-refractivity contribution >= 4 is 31.5 Å². The number of hydrogen-bond donors (Lipinski definition) is 2. The van der Waals surface area contributed by atoms with E-state index >= 15 is 0 Å². The molecular weight excluding hydrogens is 935 g/mol. The van der Waals surface area contributed by atoms with Crippen LogP contribution in [0.2, 0.25) is 0 Å². The highest BCUT2D eigenvalue weighted by atomic mass is 16.5. The van der Waals surface area contributed by atoms with Crippen LogP contribution in [0.5, 0.6) is 34.5 Å². The van der Waals surface area contributed by atoms with Crippen molar-refractivity contribution in [1.29, 1.82) is 0 Å². The quantitative estimate of drug-likeness (QED) is 0.105. The molecule has 16 heteroatoms. The van der Waals surface area contributed by atoms with Crippen molar-refractivity contribution in [1.82, 2.24) is 14.7 Å². The van der Waals surface area contributed by atoms with Gasteiger partial charge in [-0.1, -0.05) is 29.3 Å². The fraction of sp³-hybridized carbons (Fsp3) is 0.421. The number of nitrogens with zero attached hydrogens (tertiary/aromatic N) is 3. The van der Waals surface area contributed by atoms with Crippen molar-refractivity contribution in [3.8, 4) is 34.5 Å². The zero-order valence-electron chi connectivity index (χ0n) is 42.4. The van der Waals surface area contributed by atoms with Crippen LogP contribution in [0.4, 0.5) is 0 Å². The molecule has 9 rings (SSSR count). The van der Waals surface area contributed by atoms with Crippen LogP contribution in [0.1, 0.15) is 80.9 Å². The molecule has 0 bridgehead atoms. The van der Waals surface area contributed by atoms with E-state index in [9.17, 15) is 34.2 Å². The van der Waals surface area contributed by atoms with E-state index in [0.29, 0.717) is 87.0 Å². The lowest BCUT2D eigenvalue weighted by atomic mass is 9.80. The summed E-state index contributed by atoms with van der Waals surface area (Å²) in [5.74, 6) is 4.31. The number of ether oxygens (including phenoxy) is 6. The summed E-state index contributed by atoms with van der Waals surface area (Å²) in [6, 6.07) is 16.3. The lowest BCUT2D eigenvalue weighted by Gasteiger charge is -2.38. The molecule has 73 heavy (non-hydrogen) atoms. The van der Waals surface area contributed by atoms with Gasteiger partial charge in [-0.25, -0.2) is 0 Å².